The predicted octanol–water partition coefficient (Wildman–Crippen LogP) is -0.591. The van der Waals surface area contributed by atoms with Gasteiger partial charge in [-0.05, 0) is 12.3 Å². The molecule has 8 nitrogen and oxygen atoms in total. The molecule has 0 aromatic carbocycles. The van der Waals surface area contributed by atoms with Gasteiger partial charge < -0.3 is 10.6 Å². The maximum Gasteiger partial charge on any atom is 0.325 e. The van der Waals surface area contributed by atoms with Gasteiger partial charge in [0, 0.05) is 7.05 Å². The summed E-state index contributed by atoms with van der Waals surface area (Å²) in [5.74, 6) is -0.910. The maximum atomic E-state index is 11.9. The van der Waals surface area contributed by atoms with E-state index in [2.05, 4.69) is 10.6 Å². The van der Waals surface area contributed by atoms with Gasteiger partial charge in [0.25, 0.3) is 5.91 Å². The molecule has 6 amide bonds. The average molecular weight is 270 g/mol. The second kappa shape index (κ2) is 6.17. The molecule has 0 saturated carbocycles. The Hall–Kier alpha value is -2.12. The summed E-state index contributed by atoms with van der Waals surface area (Å²) in [6.45, 7) is 3.40. The number of urea groups is 2. The molecule has 0 bridgehead atoms. The van der Waals surface area contributed by atoms with Crippen molar-refractivity contribution in [1.82, 2.24) is 20.9 Å². The topological polar surface area (TPSA) is 108 Å². The van der Waals surface area contributed by atoms with Crippen molar-refractivity contribution in [2.75, 3.05) is 13.6 Å². The molecule has 8 heteroatoms. The van der Waals surface area contributed by atoms with Crippen LogP contribution in [0.25, 0.3) is 0 Å². The first-order valence-corrected chi connectivity index (χ1v) is 5.98. The molecule has 0 aliphatic carbocycles. The highest BCUT2D eigenvalue weighted by Gasteiger charge is 2.39. The Morgan fingerprint density at radius 2 is 2.00 bits per heavy atom. The number of hydrogen-bond donors (Lipinski definition) is 3. The quantitative estimate of drug-likeness (QED) is 0.593. The average Bonchev–Trinajstić information content (AvgIpc) is 2.56. The van der Waals surface area contributed by atoms with Gasteiger partial charge in [0.1, 0.15) is 12.6 Å². The summed E-state index contributed by atoms with van der Waals surface area (Å²) in [4.78, 5) is 46.7. The Morgan fingerprint density at radius 1 is 1.37 bits per heavy atom. The molecule has 0 spiro atoms. The number of nitrogens with one attached hydrogen (secondary N) is 3. The predicted molar refractivity (Wildman–Crippen MR) is 66.1 cm³/mol. The van der Waals surface area contributed by atoms with Gasteiger partial charge in [-0.2, -0.15) is 0 Å². The second-order valence-corrected chi connectivity index (χ2v) is 4.68. The van der Waals surface area contributed by atoms with Crippen LogP contribution >= 0.6 is 0 Å². The number of rotatable bonds is 4. The van der Waals surface area contributed by atoms with Crippen molar-refractivity contribution in [2.24, 2.45) is 5.92 Å². The lowest BCUT2D eigenvalue weighted by Crippen LogP contribution is -2.45. The van der Waals surface area contributed by atoms with E-state index in [1.807, 2.05) is 19.2 Å². The molecule has 1 heterocycles. The van der Waals surface area contributed by atoms with Crippen LogP contribution in [0.1, 0.15) is 20.3 Å². The van der Waals surface area contributed by atoms with Gasteiger partial charge in [0.05, 0.1) is 0 Å². The fraction of sp³-hybridized carbons (Fsp3) is 0.636. The van der Waals surface area contributed by atoms with Crippen molar-refractivity contribution >= 4 is 23.9 Å². The van der Waals surface area contributed by atoms with Gasteiger partial charge in [-0.1, -0.05) is 13.8 Å². The molecule has 1 saturated heterocycles. The van der Waals surface area contributed by atoms with E-state index < -0.39 is 36.5 Å². The van der Waals surface area contributed by atoms with Crippen molar-refractivity contribution in [3.8, 4) is 0 Å². The summed E-state index contributed by atoms with van der Waals surface area (Å²) in [6.07, 6.45) is 0.512. The first-order valence-electron chi connectivity index (χ1n) is 5.98. The van der Waals surface area contributed by atoms with Crippen LogP contribution in [0.15, 0.2) is 0 Å². The molecule has 1 aliphatic rings. The zero-order valence-corrected chi connectivity index (χ0v) is 11.1. The number of nitrogens with zero attached hydrogens (tertiary/aromatic N) is 1. The van der Waals surface area contributed by atoms with Crippen LogP contribution in [0.4, 0.5) is 9.59 Å². The Bertz CT molecular complexity index is 407. The van der Waals surface area contributed by atoms with E-state index in [0.717, 1.165) is 4.90 Å². The third-order valence-electron chi connectivity index (χ3n) is 2.60. The van der Waals surface area contributed by atoms with Crippen LogP contribution in [-0.2, 0) is 9.59 Å². The van der Waals surface area contributed by atoms with E-state index in [4.69, 9.17) is 0 Å². The number of hydrogen-bond acceptors (Lipinski definition) is 4. The zero-order valence-electron chi connectivity index (χ0n) is 11.1. The SMILES string of the molecule is CNC(=O)NC(=O)CN1C(=O)N[C@H](CC(C)C)C1=O. The van der Waals surface area contributed by atoms with Gasteiger partial charge in [0.15, 0.2) is 0 Å². The van der Waals surface area contributed by atoms with E-state index in [1.165, 1.54) is 7.05 Å². The zero-order chi connectivity index (χ0) is 14.6. The largest absolute Gasteiger partial charge is 0.341 e. The Labute approximate surface area is 110 Å². The molecule has 19 heavy (non-hydrogen) atoms. The van der Waals surface area contributed by atoms with Gasteiger partial charge in [0.2, 0.25) is 5.91 Å². The van der Waals surface area contributed by atoms with E-state index in [9.17, 15) is 19.2 Å². The summed E-state index contributed by atoms with van der Waals surface area (Å²) in [5.41, 5.74) is 0. The van der Waals surface area contributed by atoms with E-state index in [1.54, 1.807) is 0 Å². The standard InChI is InChI=1S/C11H18N4O4/c1-6(2)4-7-9(17)15(11(19)13-7)5-8(16)14-10(18)12-3/h6-7H,4-5H2,1-3H3,(H,13,19)(H2,12,14,16,18)/t7-/m1/s1. The number of carbonyl (C=O) groups excluding carboxylic acids is 4. The minimum atomic E-state index is -0.715. The van der Waals surface area contributed by atoms with Crippen molar-refractivity contribution in [1.29, 1.82) is 0 Å². The van der Waals surface area contributed by atoms with Crippen molar-refractivity contribution in [3.63, 3.8) is 0 Å². The summed E-state index contributed by atoms with van der Waals surface area (Å²) in [6, 6.07) is -1.89. The molecule has 1 fully saturated rings. The molecule has 1 rings (SSSR count). The minimum Gasteiger partial charge on any atom is -0.341 e. The Balaban J connectivity index is 2.59. The van der Waals surface area contributed by atoms with Crippen LogP contribution in [0.3, 0.4) is 0 Å². The first kappa shape index (κ1) is 14.9. The lowest BCUT2D eigenvalue weighted by atomic mass is 10.0. The highest BCUT2D eigenvalue weighted by Crippen LogP contribution is 2.13. The summed E-state index contributed by atoms with van der Waals surface area (Å²) in [7, 11) is 1.36. The van der Waals surface area contributed by atoms with E-state index in [0.29, 0.717) is 6.42 Å². The van der Waals surface area contributed by atoms with E-state index in [-0.39, 0.29) is 5.92 Å². The Morgan fingerprint density at radius 3 is 2.53 bits per heavy atom. The van der Waals surface area contributed by atoms with Crippen molar-refractivity contribution in [3.05, 3.63) is 0 Å². The summed E-state index contributed by atoms with van der Waals surface area (Å²) >= 11 is 0. The molecule has 1 aliphatic heterocycles. The van der Waals surface area contributed by atoms with Crippen LogP contribution in [0, 0.1) is 5.92 Å². The third-order valence-corrected chi connectivity index (χ3v) is 2.60. The smallest absolute Gasteiger partial charge is 0.325 e. The van der Waals surface area contributed by atoms with Gasteiger partial charge >= 0.3 is 12.1 Å². The molecule has 3 N–H and O–H groups in total. The van der Waals surface area contributed by atoms with E-state index >= 15 is 0 Å². The van der Waals surface area contributed by atoms with Gasteiger partial charge in [-0.15, -0.1) is 0 Å². The van der Waals surface area contributed by atoms with Crippen molar-refractivity contribution in [2.45, 2.75) is 26.3 Å². The fourth-order valence-electron chi connectivity index (χ4n) is 1.73. The summed E-state index contributed by atoms with van der Waals surface area (Å²) < 4.78 is 0. The molecule has 1 atom stereocenters. The lowest BCUT2D eigenvalue weighted by Gasteiger charge is -2.13. The van der Waals surface area contributed by atoms with Crippen molar-refractivity contribution < 1.29 is 19.2 Å². The number of imide groups is 2. The summed E-state index contributed by atoms with van der Waals surface area (Å²) in [5, 5.41) is 6.71. The molecule has 0 radical (unpaired) electrons. The van der Waals surface area contributed by atoms with Gasteiger partial charge in [-0.25, -0.2) is 9.59 Å². The maximum absolute atomic E-state index is 11.9. The lowest BCUT2D eigenvalue weighted by molar-refractivity contribution is -0.132. The van der Waals surface area contributed by atoms with Crippen LogP contribution < -0.4 is 16.0 Å². The first-order chi connectivity index (χ1) is 8.85. The minimum absolute atomic E-state index is 0.244. The fourth-order valence-corrected chi connectivity index (χ4v) is 1.73. The Kier molecular flexibility index (Phi) is 4.85. The third kappa shape index (κ3) is 3.94. The highest BCUT2D eigenvalue weighted by atomic mass is 16.2. The molecule has 0 unspecified atom stereocenters. The molecule has 0 aromatic rings. The molecule has 0 aromatic heterocycles. The van der Waals surface area contributed by atoms with Crippen LogP contribution in [-0.4, -0.2) is 48.4 Å². The monoisotopic (exact) mass is 270 g/mol. The van der Waals surface area contributed by atoms with Crippen LogP contribution in [0.2, 0.25) is 0 Å². The van der Waals surface area contributed by atoms with Crippen LogP contribution in [0.5, 0.6) is 0 Å². The molecular weight excluding hydrogens is 252 g/mol. The molecule has 106 valence electrons. The highest BCUT2D eigenvalue weighted by molar-refractivity contribution is 6.07. The number of carbonyl (C=O) groups is 4. The normalized spacial score (nSPS) is 18.5. The second-order valence-electron chi connectivity index (χ2n) is 4.68. The number of amides is 6. The molecular formula is C11H18N4O4. The van der Waals surface area contributed by atoms with Gasteiger partial charge in [-0.3, -0.25) is 19.8 Å².